The van der Waals surface area contributed by atoms with E-state index in [1.165, 1.54) is 12.8 Å². The fraction of sp³-hybridized carbons (Fsp3) is 0.692. The van der Waals surface area contributed by atoms with Gasteiger partial charge in [-0.05, 0) is 24.7 Å². The first kappa shape index (κ1) is 12.6. The van der Waals surface area contributed by atoms with Gasteiger partial charge in [-0.1, -0.05) is 32.4 Å². The average Bonchev–Trinajstić information content (AvgIpc) is 3.10. The molecule has 4 heteroatoms. The monoisotopic (exact) mass is 253 g/mol. The number of aromatic nitrogens is 2. The van der Waals surface area contributed by atoms with Crippen LogP contribution in [0.1, 0.15) is 51.8 Å². The number of hydrogen-bond donors (Lipinski definition) is 1. The normalized spacial score (nSPS) is 16.0. The maximum Gasteiger partial charge on any atom is 0.135 e. The summed E-state index contributed by atoms with van der Waals surface area (Å²) < 4.78 is 0. The minimum atomic E-state index is 0.275. The molecule has 0 bridgehead atoms. The van der Waals surface area contributed by atoms with E-state index in [-0.39, 0.29) is 5.41 Å². The molecule has 1 fully saturated rings. The van der Waals surface area contributed by atoms with Gasteiger partial charge in [-0.25, -0.2) is 9.97 Å². The number of hydrogen-bond acceptors (Lipinski definition) is 3. The largest absolute Gasteiger partial charge is 0.369 e. The molecule has 1 aliphatic carbocycles. The van der Waals surface area contributed by atoms with Crippen molar-refractivity contribution in [3.63, 3.8) is 0 Å². The maximum absolute atomic E-state index is 6.01. The molecule has 94 valence electrons. The Bertz CT molecular complexity index is 400. The molecule has 1 saturated carbocycles. The number of anilines is 1. The molecule has 0 unspecified atom stereocenters. The van der Waals surface area contributed by atoms with E-state index in [4.69, 9.17) is 11.6 Å². The molecule has 17 heavy (non-hydrogen) atoms. The summed E-state index contributed by atoms with van der Waals surface area (Å²) in [5, 5.41) is 3.90. The first-order valence-corrected chi connectivity index (χ1v) is 6.66. The van der Waals surface area contributed by atoms with Crippen molar-refractivity contribution in [2.24, 2.45) is 5.41 Å². The van der Waals surface area contributed by atoms with Gasteiger partial charge in [-0.2, -0.15) is 0 Å². The molecular formula is C13H20ClN3. The van der Waals surface area contributed by atoms with E-state index in [1.807, 2.05) is 0 Å². The fourth-order valence-electron chi connectivity index (χ4n) is 1.50. The van der Waals surface area contributed by atoms with Crippen molar-refractivity contribution < 1.29 is 0 Å². The molecule has 1 heterocycles. The highest BCUT2D eigenvalue weighted by atomic mass is 35.5. The zero-order valence-corrected chi connectivity index (χ0v) is 11.5. The van der Waals surface area contributed by atoms with Gasteiger partial charge >= 0.3 is 0 Å². The summed E-state index contributed by atoms with van der Waals surface area (Å²) in [6, 6.07) is 1.80. The summed E-state index contributed by atoms with van der Waals surface area (Å²) >= 11 is 6.01. The maximum atomic E-state index is 6.01. The Hall–Kier alpha value is -0.830. The average molecular weight is 254 g/mol. The van der Waals surface area contributed by atoms with Crippen molar-refractivity contribution in [2.45, 2.75) is 46.0 Å². The summed E-state index contributed by atoms with van der Waals surface area (Å²) in [5.74, 6) is 2.29. The van der Waals surface area contributed by atoms with Gasteiger partial charge in [0, 0.05) is 18.5 Å². The molecule has 0 atom stereocenters. The quantitative estimate of drug-likeness (QED) is 0.810. The molecule has 2 rings (SSSR count). The van der Waals surface area contributed by atoms with Crippen LogP contribution in [0.2, 0.25) is 5.15 Å². The molecule has 0 aliphatic heterocycles. The minimum absolute atomic E-state index is 0.275. The summed E-state index contributed by atoms with van der Waals surface area (Å²) in [7, 11) is 0. The Morgan fingerprint density at radius 3 is 2.71 bits per heavy atom. The number of rotatable bonds is 5. The Morgan fingerprint density at radius 2 is 2.12 bits per heavy atom. The lowest BCUT2D eigenvalue weighted by Gasteiger charge is -2.23. The van der Waals surface area contributed by atoms with E-state index >= 15 is 0 Å². The third kappa shape index (κ3) is 3.56. The SMILES string of the molecule is CCC(C)(C)CNc1cc(Cl)nc(C2CC2)n1. The van der Waals surface area contributed by atoms with Crippen LogP contribution in [0.25, 0.3) is 0 Å². The second-order valence-electron chi connectivity index (χ2n) is 5.58. The first-order chi connectivity index (χ1) is 8.00. The molecule has 0 aromatic carbocycles. The number of nitrogens with zero attached hydrogens (tertiary/aromatic N) is 2. The summed E-state index contributed by atoms with van der Waals surface area (Å²) in [4.78, 5) is 8.80. The topological polar surface area (TPSA) is 37.8 Å². The molecule has 0 radical (unpaired) electrons. The van der Waals surface area contributed by atoms with Crippen LogP contribution >= 0.6 is 11.6 Å². The van der Waals surface area contributed by atoms with Crippen LogP contribution in [0, 0.1) is 5.41 Å². The standard InChI is InChI=1S/C13H20ClN3/c1-4-13(2,3)8-15-11-7-10(14)16-12(17-11)9-5-6-9/h7,9H,4-6,8H2,1-3H3,(H,15,16,17). The van der Waals surface area contributed by atoms with Gasteiger partial charge in [0.05, 0.1) is 0 Å². The molecule has 1 aromatic rings. The molecule has 1 aliphatic rings. The Labute approximate surface area is 108 Å². The van der Waals surface area contributed by atoms with Crippen LogP contribution < -0.4 is 5.32 Å². The lowest BCUT2D eigenvalue weighted by atomic mass is 9.90. The Morgan fingerprint density at radius 1 is 1.41 bits per heavy atom. The second-order valence-corrected chi connectivity index (χ2v) is 5.97. The van der Waals surface area contributed by atoms with Crippen LogP contribution in [-0.4, -0.2) is 16.5 Å². The van der Waals surface area contributed by atoms with Crippen LogP contribution in [0.4, 0.5) is 5.82 Å². The number of nitrogens with one attached hydrogen (secondary N) is 1. The van der Waals surface area contributed by atoms with E-state index in [1.54, 1.807) is 6.07 Å². The first-order valence-electron chi connectivity index (χ1n) is 6.28. The summed E-state index contributed by atoms with van der Waals surface area (Å²) in [6.07, 6.45) is 3.52. The molecule has 0 spiro atoms. The van der Waals surface area contributed by atoms with Gasteiger partial charge in [0.25, 0.3) is 0 Å². The van der Waals surface area contributed by atoms with Crippen LogP contribution in [0.15, 0.2) is 6.07 Å². The summed E-state index contributed by atoms with van der Waals surface area (Å²) in [6.45, 7) is 7.58. The van der Waals surface area contributed by atoms with E-state index in [9.17, 15) is 0 Å². The molecule has 1 N–H and O–H groups in total. The van der Waals surface area contributed by atoms with E-state index < -0.39 is 0 Å². The van der Waals surface area contributed by atoms with Crippen molar-refractivity contribution in [1.29, 1.82) is 0 Å². The smallest absolute Gasteiger partial charge is 0.135 e. The lowest BCUT2D eigenvalue weighted by Crippen LogP contribution is -2.22. The molecule has 1 aromatic heterocycles. The zero-order chi connectivity index (χ0) is 12.5. The lowest BCUT2D eigenvalue weighted by molar-refractivity contribution is 0.376. The second kappa shape index (κ2) is 4.81. The van der Waals surface area contributed by atoms with Crippen molar-refractivity contribution in [3.05, 3.63) is 17.0 Å². The highest BCUT2D eigenvalue weighted by Gasteiger charge is 2.27. The molecule has 3 nitrogen and oxygen atoms in total. The highest BCUT2D eigenvalue weighted by molar-refractivity contribution is 6.29. The Kier molecular flexibility index (Phi) is 3.57. The van der Waals surface area contributed by atoms with Gasteiger partial charge in [0.15, 0.2) is 0 Å². The highest BCUT2D eigenvalue weighted by Crippen LogP contribution is 2.38. The molecular weight excluding hydrogens is 234 g/mol. The minimum Gasteiger partial charge on any atom is -0.369 e. The molecule has 0 amide bonds. The zero-order valence-electron chi connectivity index (χ0n) is 10.8. The van der Waals surface area contributed by atoms with Gasteiger partial charge in [-0.15, -0.1) is 0 Å². The van der Waals surface area contributed by atoms with Crippen molar-refractivity contribution in [3.8, 4) is 0 Å². The van der Waals surface area contributed by atoms with Crippen molar-refractivity contribution in [2.75, 3.05) is 11.9 Å². The van der Waals surface area contributed by atoms with Crippen molar-refractivity contribution in [1.82, 2.24) is 9.97 Å². The van der Waals surface area contributed by atoms with Crippen LogP contribution in [0.3, 0.4) is 0 Å². The van der Waals surface area contributed by atoms with Crippen LogP contribution in [0.5, 0.6) is 0 Å². The fourth-order valence-corrected chi connectivity index (χ4v) is 1.69. The van der Waals surface area contributed by atoms with Gasteiger partial charge in [0.1, 0.15) is 16.8 Å². The van der Waals surface area contributed by atoms with Crippen LogP contribution in [-0.2, 0) is 0 Å². The Balaban J connectivity index is 2.05. The predicted molar refractivity (Wildman–Crippen MR) is 71.6 cm³/mol. The van der Waals surface area contributed by atoms with Gasteiger partial charge in [0.2, 0.25) is 0 Å². The van der Waals surface area contributed by atoms with Crippen molar-refractivity contribution >= 4 is 17.4 Å². The predicted octanol–water partition coefficient (Wildman–Crippen LogP) is 3.86. The number of halogens is 1. The molecule has 0 saturated heterocycles. The van der Waals surface area contributed by atoms with Gasteiger partial charge < -0.3 is 5.32 Å². The van der Waals surface area contributed by atoms with Gasteiger partial charge in [-0.3, -0.25) is 0 Å². The third-order valence-corrected chi connectivity index (χ3v) is 3.55. The third-order valence-electron chi connectivity index (χ3n) is 3.36. The van der Waals surface area contributed by atoms with E-state index in [2.05, 4.69) is 36.1 Å². The van der Waals surface area contributed by atoms with E-state index in [0.29, 0.717) is 11.1 Å². The summed E-state index contributed by atoms with van der Waals surface area (Å²) in [5.41, 5.74) is 0.275. The van der Waals surface area contributed by atoms with E-state index in [0.717, 1.165) is 24.6 Å².